The SMILES string of the molecule is CC(C)(c1ocnc1CCl)S(C)(=O)=O. The molecule has 1 heterocycles. The molecule has 0 aromatic carbocycles. The molecule has 0 amide bonds. The van der Waals surface area contributed by atoms with Crippen LogP contribution in [0.25, 0.3) is 0 Å². The standard InChI is InChI=1S/C8H12ClNO3S/c1-8(2,14(3,11)12)7-6(4-9)10-5-13-7/h5H,4H2,1-3H3. The van der Waals surface area contributed by atoms with Crippen LogP contribution in [0.15, 0.2) is 10.8 Å². The van der Waals surface area contributed by atoms with Gasteiger partial charge in [0.25, 0.3) is 0 Å². The smallest absolute Gasteiger partial charge is 0.181 e. The highest BCUT2D eigenvalue weighted by Gasteiger charge is 2.37. The van der Waals surface area contributed by atoms with E-state index >= 15 is 0 Å². The number of aromatic nitrogens is 1. The number of rotatable bonds is 3. The minimum atomic E-state index is -3.25. The summed E-state index contributed by atoms with van der Waals surface area (Å²) in [5.74, 6) is 0.458. The van der Waals surface area contributed by atoms with Gasteiger partial charge in [0.2, 0.25) is 0 Å². The Morgan fingerprint density at radius 1 is 1.57 bits per heavy atom. The van der Waals surface area contributed by atoms with E-state index in [0.29, 0.717) is 11.5 Å². The molecule has 0 aliphatic rings. The monoisotopic (exact) mass is 237 g/mol. The summed E-state index contributed by atoms with van der Waals surface area (Å²) in [5, 5.41) is 0. The maximum absolute atomic E-state index is 11.5. The van der Waals surface area contributed by atoms with E-state index in [2.05, 4.69) is 4.98 Å². The van der Waals surface area contributed by atoms with Crippen LogP contribution in [0.3, 0.4) is 0 Å². The fourth-order valence-electron chi connectivity index (χ4n) is 1.02. The lowest BCUT2D eigenvalue weighted by atomic mass is 10.1. The molecule has 1 aromatic rings. The van der Waals surface area contributed by atoms with Crippen LogP contribution in [0, 0.1) is 0 Å². The fraction of sp³-hybridized carbons (Fsp3) is 0.625. The van der Waals surface area contributed by atoms with Crippen LogP contribution in [0.1, 0.15) is 25.3 Å². The van der Waals surface area contributed by atoms with Crippen molar-refractivity contribution in [1.82, 2.24) is 4.98 Å². The Bertz CT molecular complexity index is 422. The molecule has 0 atom stereocenters. The van der Waals surface area contributed by atoms with Gasteiger partial charge < -0.3 is 4.42 Å². The lowest BCUT2D eigenvalue weighted by Crippen LogP contribution is -2.28. The number of halogens is 1. The second-order valence-corrected chi connectivity index (χ2v) is 6.38. The molecule has 0 spiro atoms. The number of sulfone groups is 1. The van der Waals surface area contributed by atoms with Crippen molar-refractivity contribution in [1.29, 1.82) is 0 Å². The third-order valence-corrected chi connectivity index (χ3v) is 4.53. The van der Waals surface area contributed by atoms with Crippen molar-refractivity contribution < 1.29 is 12.8 Å². The van der Waals surface area contributed by atoms with Crippen LogP contribution < -0.4 is 0 Å². The molecular formula is C8H12ClNO3S. The van der Waals surface area contributed by atoms with Gasteiger partial charge in [-0.2, -0.15) is 0 Å². The molecule has 0 N–H and O–H groups in total. The highest BCUT2D eigenvalue weighted by atomic mass is 35.5. The number of nitrogens with zero attached hydrogens (tertiary/aromatic N) is 1. The Labute approximate surface area is 88.2 Å². The Hall–Kier alpha value is -0.550. The first kappa shape index (κ1) is 11.5. The number of alkyl halides is 1. The van der Waals surface area contributed by atoms with E-state index in [1.165, 1.54) is 6.39 Å². The topological polar surface area (TPSA) is 60.2 Å². The quantitative estimate of drug-likeness (QED) is 0.751. The van der Waals surface area contributed by atoms with E-state index in [9.17, 15) is 8.42 Å². The second kappa shape index (κ2) is 3.55. The van der Waals surface area contributed by atoms with E-state index in [1.807, 2.05) is 0 Å². The zero-order chi connectivity index (χ0) is 11.0. The molecule has 6 heteroatoms. The third-order valence-electron chi connectivity index (χ3n) is 2.24. The molecule has 80 valence electrons. The van der Waals surface area contributed by atoms with Gasteiger partial charge >= 0.3 is 0 Å². The maximum Gasteiger partial charge on any atom is 0.181 e. The third kappa shape index (κ3) is 1.79. The van der Waals surface area contributed by atoms with E-state index in [1.54, 1.807) is 13.8 Å². The van der Waals surface area contributed by atoms with Crippen LogP contribution in [0.4, 0.5) is 0 Å². The first-order chi connectivity index (χ1) is 6.30. The molecule has 0 fully saturated rings. The Morgan fingerprint density at radius 3 is 2.57 bits per heavy atom. The molecule has 0 aliphatic carbocycles. The van der Waals surface area contributed by atoms with Gasteiger partial charge in [-0.3, -0.25) is 0 Å². The van der Waals surface area contributed by atoms with Gasteiger partial charge in [0, 0.05) is 6.26 Å². The zero-order valence-electron chi connectivity index (χ0n) is 8.24. The largest absolute Gasteiger partial charge is 0.446 e. The van der Waals surface area contributed by atoms with Gasteiger partial charge in [0.1, 0.15) is 10.5 Å². The molecule has 0 saturated carbocycles. The molecule has 4 nitrogen and oxygen atoms in total. The van der Waals surface area contributed by atoms with Crippen molar-refractivity contribution in [2.75, 3.05) is 6.26 Å². The highest BCUT2D eigenvalue weighted by molar-refractivity contribution is 7.91. The summed E-state index contributed by atoms with van der Waals surface area (Å²) in [5.41, 5.74) is 0.474. The zero-order valence-corrected chi connectivity index (χ0v) is 9.82. The van der Waals surface area contributed by atoms with Gasteiger partial charge in [0.05, 0.1) is 11.6 Å². The molecule has 0 bridgehead atoms. The van der Waals surface area contributed by atoms with Crippen LogP contribution in [-0.4, -0.2) is 19.7 Å². The van der Waals surface area contributed by atoms with E-state index in [4.69, 9.17) is 16.0 Å². The summed E-state index contributed by atoms with van der Waals surface area (Å²) in [7, 11) is -3.25. The normalized spacial score (nSPS) is 13.1. The van der Waals surface area contributed by atoms with Crippen LogP contribution in [0.5, 0.6) is 0 Å². The first-order valence-corrected chi connectivity index (χ1v) is 6.41. The van der Waals surface area contributed by atoms with Crippen molar-refractivity contribution >= 4 is 21.4 Å². The van der Waals surface area contributed by atoms with Crippen LogP contribution in [0.2, 0.25) is 0 Å². The molecule has 0 saturated heterocycles. The summed E-state index contributed by atoms with van der Waals surface area (Å²) in [6.07, 6.45) is 2.37. The van der Waals surface area contributed by atoms with Crippen LogP contribution >= 0.6 is 11.6 Å². The molecule has 0 radical (unpaired) electrons. The van der Waals surface area contributed by atoms with Crippen molar-refractivity contribution in [2.24, 2.45) is 0 Å². The summed E-state index contributed by atoms with van der Waals surface area (Å²) in [6, 6.07) is 0. The lowest BCUT2D eigenvalue weighted by Gasteiger charge is -2.20. The Morgan fingerprint density at radius 2 is 2.14 bits per heavy atom. The average molecular weight is 238 g/mol. The minimum absolute atomic E-state index is 0.144. The summed E-state index contributed by atoms with van der Waals surface area (Å²) >= 11 is 5.61. The number of oxazole rings is 1. The summed E-state index contributed by atoms with van der Waals surface area (Å²) in [6.45, 7) is 3.14. The molecule has 0 unspecified atom stereocenters. The Kier molecular flexibility index (Phi) is 2.92. The molecule has 1 rings (SSSR count). The van der Waals surface area contributed by atoms with Crippen molar-refractivity contribution in [3.63, 3.8) is 0 Å². The van der Waals surface area contributed by atoms with Crippen molar-refractivity contribution in [2.45, 2.75) is 24.5 Å². The average Bonchev–Trinajstić information content (AvgIpc) is 2.49. The molecular weight excluding hydrogens is 226 g/mol. The van der Waals surface area contributed by atoms with E-state index in [-0.39, 0.29) is 5.88 Å². The van der Waals surface area contributed by atoms with Gasteiger partial charge in [-0.1, -0.05) is 0 Å². The predicted molar refractivity (Wildman–Crippen MR) is 53.9 cm³/mol. The highest BCUT2D eigenvalue weighted by Crippen LogP contribution is 2.31. The predicted octanol–water partition coefficient (Wildman–Crippen LogP) is 1.69. The van der Waals surface area contributed by atoms with E-state index in [0.717, 1.165) is 6.26 Å². The fourth-order valence-corrected chi connectivity index (χ4v) is 1.72. The summed E-state index contributed by atoms with van der Waals surface area (Å²) < 4.78 is 27.0. The molecule has 0 aliphatic heterocycles. The van der Waals surface area contributed by atoms with Gasteiger partial charge in [-0.05, 0) is 13.8 Å². The Balaban J connectivity index is 3.30. The van der Waals surface area contributed by atoms with E-state index < -0.39 is 14.6 Å². The van der Waals surface area contributed by atoms with Crippen molar-refractivity contribution in [3.8, 4) is 0 Å². The summed E-state index contributed by atoms with van der Waals surface area (Å²) in [4.78, 5) is 3.85. The molecule has 1 aromatic heterocycles. The minimum Gasteiger partial charge on any atom is -0.446 e. The van der Waals surface area contributed by atoms with Gasteiger partial charge in [-0.15, -0.1) is 11.6 Å². The second-order valence-electron chi connectivity index (χ2n) is 3.54. The van der Waals surface area contributed by atoms with Crippen molar-refractivity contribution in [3.05, 3.63) is 17.8 Å². The first-order valence-electron chi connectivity index (χ1n) is 3.99. The van der Waals surface area contributed by atoms with Gasteiger partial charge in [0.15, 0.2) is 16.2 Å². The number of hydrogen-bond acceptors (Lipinski definition) is 4. The maximum atomic E-state index is 11.5. The number of hydrogen-bond donors (Lipinski definition) is 0. The molecule has 14 heavy (non-hydrogen) atoms. The lowest BCUT2D eigenvalue weighted by molar-refractivity contribution is 0.443. The van der Waals surface area contributed by atoms with Gasteiger partial charge in [-0.25, -0.2) is 13.4 Å². The van der Waals surface area contributed by atoms with Crippen LogP contribution in [-0.2, 0) is 20.5 Å².